The molecule has 110 valence electrons. The Morgan fingerprint density at radius 1 is 1.14 bits per heavy atom. The van der Waals surface area contributed by atoms with Gasteiger partial charge in [0.2, 0.25) is 10.0 Å². The Hall–Kier alpha value is -1.90. The second kappa shape index (κ2) is 5.84. The largest absolute Gasteiger partial charge is 0.398 e. The van der Waals surface area contributed by atoms with Crippen LogP contribution in [0.4, 0.5) is 11.4 Å². The van der Waals surface area contributed by atoms with Gasteiger partial charge >= 0.3 is 0 Å². The molecule has 0 heterocycles. The third-order valence-corrected chi connectivity index (χ3v) is 4.29. The zero-order chi connectivity index (χ0) is 15.6. The summed E-state index contributed by atoms with van der Waals surface area (Å²) in [4.78, 5) is 12.1. The van der Waals surface area contributed by atoms with Crippen molar-refractivity contribution in [3.05, 3.63) is 52.5 Å². The Bertz CT molecular complexity index is 806. The molecule has 0 aliphatic heterocycles. The number of nitrogens with two attached hydrogens (primary N) is 2. The van der Waals surface area contributed by atoms with Crippen molar-refractivity contribution in [1.82, 2.24) is 0 Å². The average Bonchev–Trinajstić information content (AvgIpc) is 2.40. The van der Waals surface area contributed by atoms with Crippen LogP contribution in [0.15, 0.2) is 51.8 Å². The molecule has 2 aromatic rings. The van der Waals surface area contributed by atoms with Crippen molar-refractivity contribution in [3.63, 3.8) is 0 Å². The predicted molar refractivity (Wildman–Crippen MR) is 84.3 cm³/mol. The third kappa shape index (κ3) is 3.60. The Labute approximate surface area is 130 Å². The molecule has 21 heavy (non-hydrogen) atoms. The number of hydrogen-bond donors (Lipinski definition) is 3. The average molecular weight is 370 g/mol. The van der Waals surface area contributed by atoms with Gasteiger partial charge in [0.05, 0.1) is 16.1 Å². The van der Waals surface area contributed by atoms with Crippen molar-refractivity contribution in [3.8, 4) is 0 Å². The van der Waals surface area contributed by atoms with E-state index in [2.05, 4.69) is 21.2 Å². The van der Waals surface area contributed by atoms with Gasteiger partial charge in [-0.1, -0.05) is 12.1 Å². The van der Waals surface area contributed by atoms with Gasteiger partial charge in [-0.25, -0.2) is 13.6 Å². The minimum absolute atomic E-state index is 0.0494. The van der Waals surface area contributed by atoms with Crippen LogP contribution < -0.4 is 16.2 Å². The van der Waals surface area contributed by atoms with E-state index in [4.69, 9.17) is 10.9 Å². The number of carbonyl (C=O) groups excluding carboxylic acids is 1. The van der Waals surface area contributed by atoms with Gasteiger partial charge in [-0.3, -0.25) is 4.79 Å². The number of amides is 1. The first-order valence-electron chi connectivity index (χ1n) is 5.77. The van der Waals surface area contributed by atoms with E-state index >= 15 is 0 Å². The fourth-order valence-electron chi connectivity index (χ4n) is 1.67. The Balaban J connectivity index is 2.29. The number of rotatable bonds is 3. The minimum Gasteiger partial charge on any atom is -0.398 e. The summed E-state index contributed by atoms with van der Waals surface area (Å²) in [6.45, 7) is 0. The predicted octanol–water partition coefficient (Wildman–Crippen LogP) is 1.93. The zero-order valence-corrected chi connectivity index (χ0v) is 13.1. The highest BCUT2D eigenvalue weighted by atomic mass is 79.9. The van der Waals surface area contributed by atoms with Gasteiger partial charge in [0, 0.05) is 10.2 Å². The summed E-state index contributed by atoms with van der Waals surface area (Å²) in [5, 5.41) is 7.68. The molecule has 0 aliphatic carbocycles. The number of anilines is 2. The molecule has 2 rings (SSSR count). The topological polar surface area (TPSA) is 115 Å². The molecule has 5 N–H and O–H groups in total. The van der Waals surface area contributed by atoms with E-state index in [1.807, 2.05) is 0 Å². The molecule has 6 nitrogen and oxygen atoms in total. The molecule has 0 saturated heterocycles. The van der Waals surface area contributed by atoms with Crippen molar-refractivity contribution in [2.75, 3.05) is 11.1 Å². The van der Waals surface area contributed by atoms with Crippen LogP contribution in [-0.2, 0) is 10.0 Å². The van der Waals surface area contributed by atoms with Crippen molar-refractivity contribution in [2.45, 2.75) is 4.90 Å². The van der Waals surface area contributed by atoms with Crippen LogP contribution in [0.1, 0.15) is 10.4 Å². The smallest absolute Gasteiger partial charge is 0.257 e. The van der Waals surface area contributed by atoms with Crippen LogP contribution in [-0.4, -0.2) is 14.3 Å². The number of primary sulfonamides is 1. The lowest BCUT2D eigenvalue weighted by molar-refractivity contribution is 0.102. The fraction of sp³-hybridized carbons (Fsp3) is 0. The van der Waals surface area contributed by atoms with Crippen LogP contribution >= 0.6 is 15.9 Å². The second-order valence-corrected chi connectivity index (χ2v) is 6.64. The lowest BCUT2D eigenvalue weighted by Crippen LogP contribution is -2.15. The first-order chi connectivity index (χ1) is 9.79. The number of sulfonamides is 1. The number of halogens is 1. The molecule has 0 bridgehead atoms. The van der Waals surface area contributed by atoms with Crippen LogP contribution in [0, 0.1) is 0 Å². The number of nitrogens with one attached hydrogen (secondary N) is 1. The summed E-state index contributed by atoms with van der Waals surface area (Å²) in [5.41, 5.74) is 6.83. The van der Waals surface area contributed by atoms with Crippen LogP contribution in [0.3, 0.4) is 0 Å². The van der Waals surface area contributed by atoms with E-state index in [1.54, 1.807) is 24.3 Å². The molecule has 0 atom stereocenters. The summed E-state index contributed by atoms with van der Waals surface area (Å²) in [6, 6.07) is 10.7. The van der Waals surface area contributed by atoms with Crippen molar-refractivity contribution in [1.29, 1.82) is 0 Å². The van der Waals surface area contributed by atoms with E-state index in [9.17, 15) is 13.2 Å². The van der Waals surface area contributed by atoms with Gasteiger partial charge in [0.1, 0.15) is 0 Å². The summed E-state index contributed by atoms with van der Waals surface area (Å²) in [7, 11) is -3.79. The number of para-hydroxylation sites is 1. The van der Waals surface area contributed by atoms with E-state index in [0.717, 1.165) is 0 Å². The molecular formula is C13H12BrN3O3S. The maximum atomic E-state index is 12.1. The monoisotopic (exact) mass is 369 g/mol. The molecule has 0 spiro atoms. The molecule has 0 aromatic heterocycles. The normalized spacial score (nSPS) is 11.1. The number of hydrogen-bond acceptors (Lipinski definition) is 4. The summed E-state index contributed by atoms with van der Waals surface area (Å²) >= 11 is 3.19. The maximum absolute atomic E-state index is 12.1. The van der Waals surface area contributed by atoms with Crippen molar-refractivity contribution >= 4 is 43.2 Å². The molecule has 0 fully saturated rings. The maximum Gasteiger partial charge on any atom is 0.257 e. The number of carbonyl (C=O) groups is 1. The van der Waals surface area contributed by atoms with Crippen LogP contribution in [0.2, 0.25) is 0 Å². The van der Waals surface area contributed by atoms with Gasteiger partial charge in [-0.15, -0.1) is 0 Å². The second-order valence-electron chi connectivity index (χ2n) is 4.23. The molecule has 0 radical (unpaired) electrons. The van der Waals surface area contributed by atoms with Crippen molar-refractivity contribution < 1.29 is 13.2 Å². The lowest BCUT2D eigenvalue weighted by atomic mass is 10.1. The summed E-state index contributed by atoms with van der Waals surface area (Å²) < 4.78 is 22.9. The Kier molecular flexibility index (Phi) is 4.31. The number of benzene rings is 2. The first kappa shape index (κ1) is 15.5. The van der Waals surface area contributed by atoms with Gasteiger partial charge in [-0.05, 0) is 46.3 Å². The first-order valence-corrected chi connectivity index (χ1v) is 8.11. The third-order valence-electron chi connectivity index (χ3n) is 2.72. The lowest BCUT2D eigenvalue weighted by Gasteiger charge is -2.10. The highest BCUT2D eigenvalue weighted by molar-refractivity contribution is 9.10. The van der Waals surface area contributed by atoms with E-state index in [1.165, 1.54) is 18.2 Å². The molecular weight excluding hydrogens is 358 g/mol. The molecule has 0 unspecified atom stereocenters. The minimum atomic E-state index is -3.79. The SMILES string of the molecule is Nc1ccccc1C(=O)Nc1ccc(S(N)(=O)=O)cc1Br. The molecule has 2 aromatic carbocycles. The van der Waals surface area contributed by atoms with E-state index < -0.39 is 15.9 Å². The van der Waals surface area contributed by atoms with Crippen LogP contribution in [0.25, 0.3) is 0 Å². The van der Waals surface area contributed by atoms with E-state index in [0.29, 0.717) is 21.4 Å². The fourth-order valence-corrected chi connectivity index (χ4v) is 2.84. The van der Waals surface area contributed by atoms with Gasteiger partial charge in [0.15, 0.2) is 0 Å². The number of nitrogen functional groups attached to an aromatic ring is 1. The highest BCUT2D eigenvalue weighted by Crippen LogP contribution is 2.26. The molecule has 1 amide bonds. The molecule has 0 saturated carbocycles. The van der Waals surface area contributed by atoms with Crippen molar-refractivity contribution in [2.24, 2.45) is 5.14 Å². The van der Waals surface area contributed by atoms with Gasteiger partial charge in [-0.2, -0.15) is 0 Å². The highest BCUT2D eigenvalue weighted by Gasteiger charge is 2.14. The zero-order valence-electron chi connectivity index (χ0n) is 10.7. The summed E-state index contributed by atoms with van der Waals surface area (Å²) in [6.07, 6.45) is 0. The Morgan fingerprint density at radius 3 is 2.38 bits per heavy atom. The van der Waals surface area contributed by atoms with Gasteiger partial charge < -0.3 is 11.1 Å². The molecule has 0 aliphatic rings. The van der Waals surface area contributed by atoms with Crippen LogP contribution in [0.5, 0.6) is 0 Å². The Morgan fingerprint density at radius 2 is 1.81 bits per heavy atom. The molecule has 8 heteroatoms. The van der Waals surface area contributed by atoms with Gasteiger partial charge in [0.25, 0.3) is 5.91 Å². The summed E-state index contributed by atoms with van der Waals surface area (Å²) in [5.74, 6) is -0.392. The van der Waals surface area contributed by atoms with E-state index in [-0.39, 0.29) is 4.90 Å². The quantitative estimate of drug-likeness (QED) is 0.716. The standard InChI is InChI=1S/C13H12BrN3O3S/c14-10-7-8(21(16,19)20)5-6-12(10)17-13(18)9-3-1-2-4-11(9)15/h1-7H,15H2,(H,17,18)(H2,16,19,20).